The van der Waals surface area contributed by atoms with Crippen LogP contribution in [-0.2, 0) is 0 Å². The van der Waals surface area contributed by atoms with Crippen molar-refractivity contribution < 1.29 is 4.79 Å². The van der Waals surface area contributed by atoms with E-state index in [0.29, 0.717) is 5.92 Å². The Morgan fingerprint density at radius 2 is 2.19 bits per heavy atom. The number of anilines is 1. The number of hydrogen-bond donors (Lipinski definition) is 2. The van der Waals surface area contributed by atoms with Crippen LogP contribution in [0, 0.1) is 12.8 Å². The summed E-state index contributed by atoms with van der Waals surface area (Å²) in [5.41, 5.74) is 2.54. The fourth-order valence-electron chi connectivity index (χ4n) is 3.53. The highest BCUT2D eigenvalue weighted by molar-refractivity contribution is 7.20. The predicted octanol–water partition coefficient (Wildman–Crippen LogP) is 4.44. The molecule has 2 heterocycles. The van der Waals surface area contributed by atoms with Crippen molar-refractivity contribution in [3.8, 4) is 0 Å². The second kappa shape index (κ2) is 7.74. The maximum atomic E-state index is 12.5. The summed E-state index contributed by atoms with van der Waals surface area (Å²) in [6, 6.07) is 0. The molecule has 1 amide bonds. The van der Waals surface area contributed by atoms with Gasteiger partial charge in [-0.15, -0.1) is 11.3 Å². The molecule has 4 rings (SSSR count). The lowest BCUT2D eigenvalue weighted by molar-refractivity contribution is 0.0955. The van der Waals surface area contributed by atoms with E-state index < -0.39 is 0 Å². The van der Waals surface area contributed by atoms with E-state index in [4.69, 9.17) is 0 Å². The lowest BCUT2D eigenvalue weighted by atomic mass is 9.97. The van der Waals surface area contributed by atoms with Crippen molar-refractivity contribution in [3.63, 3.8) is 0 Å². The highest BCUT2D eigenvalue weighted by Gasteiger charge is 2.24. The third-order valence-corrected chi connectivity index (χ3v) is 6.50. The fraction of sp³-hybridized carbons (Fsp3) is 0.550. The van der Waals surface area contributed by atoms with Gasteiger partial charge in [-0.2, -0.15) is 0 Å². The molecule has 2 aliphatic carbocycles. The van der Waals surface area contributed by atoms with E-state index in [1.54, 1.807) is 11.9 Å². The van der Waals surface area contributed by atoms with Crippen LogP contribution >= 0.6 is 11.3 Å². The summed E-state index contributed by atoms with van der Waals surface area (Å²) >= 11 is 1.47. The largest absolute Gasteiger partial charge is 0.369 e. The van der Waals surface area contributed by atoms with E-state index >= 15 is 0 Å². The first-order chi connectivity index (χ1) is 12.7. The molecule has 1 fully saturated rings. The predicted molar refractivity (Wildman–Crippen MR) is 107 cm³/mol. The van der Waals surface area contributed by atoms with Gasteiger partial charge in [0.1, 0.15) is 17.0 Å². The van der Waals surface area contributed by atoms with Crippen molar-refractivity contribution in [2.24, 2.45) is 5.92 Å². The van der Waals surface area contributed by atoms with Crippen LogP contribution < -0.4 is 10.6 Å². The first kappa shape index (κ1) is 17.5. The minimum Gasteiger partial charge on any atom is -0.369 e. The van der Waals surface area contributed by atoms with Gasteiger partial charge in [0.25, 0.3) is 5.91 Å². The Kier molecular flexibility index (Phi) is 5.20. The Labute approximate surface area is 158 Å². The standard InChI is InChI=1S/C20H26N4OS/c1-13-16-18(21-10-9-14-5-3-2-4-6-14)23-12-24-20(16)26-17(13)19(25)22-11-15-7-8-15/h5,12,15H,2-4,6-11H2,1H3,(H,22,25)(H,21,23,24). The van der Waals surface area contributed by atoms with Crippen molar-refractivity contribution in [3.05, 3.63) is 28.4 Å². The van der Waals surface area contributed by atoms with Crippen molar-refractivity contribution >= 4 is 33.3 Å². The number of nitrogens with one attached hydrogen (secondary N) is 2. The monoisotopic (exact) mass is 370 g/mol. The molecule has 0 aromatic carbocycles. The van der Waals surface area contributed by atoms with E-state index in [1.165, 1.54) is 49.9 Å². The Hall–Kier alpha value is -1.95. The van der Waals surface area contributed by atoms with Gasteiger partial charge >= 0.3 is 0 Å². The Balaban J connectivity index is 1.47. The number of thiophene rings is 1. The lowest BCUT2D eigenvalue weighted by Gasteiger charge is -2.13. The Morgan fingerprint density at radius 3 is 2.96 bits per heavy atom. The first-order valence-corrected chi connectivity index (χ1v) is 10.5. The van der Waals surface area contributed by atoms with Crippen molar-refractivity contribution in [2.75, 3.05) is 18.4 Å². The van der Waals surface area contributed by atoms with E-state index in [1.807, 2.05) is 6.92 Å². The molecule has 1 saturated carbocycles. The molecule has 0 aliphatic heterocycles. The Morgan fingerprint density at radius 1 is 1.31 bits per heavy atom. The molecule has 2 N–H and O–H groups in total. The summed E-state index contributed by atoms with van der Waals surface area (Å²) in [4.78, 5) is 23.0. The molecule has 0 radical (unpaired) electrons. The lowest BCUT2D eigenvalue weighted by Crippen LogP contribution is -2.25. The van der Waals surface area contributed by atoms with Gasteiger partial charge in [-0.3, -0.25) is 4.79 Å². The summed E-state index contributed by atoms with van der Waals surface area (Å²) in [5, 5.41) is 7.53. The second-order valence-corrected chi connectivity index (χ2v) is 8.40. The van der Waals surface area contributed by atoms with E-state index in [-0.39, 0.29) is 5.91 Å². The second-order valence-electron chi connectivity index (χ2n) is 7.40. The van der Waals surface area contributed by atoms with Crippen LogP contribution in [0.1, 0.15) is 60.2 Å². The number of aromatic nitrogens is 2. The summed E-state index contributed by atoms with van der Waals surface area (Å²) < 4.78 is 0. The van der Waals surface area contributed by atoms with Gasteiger partial charge < -0.3 is 10.6 Å². The molecular weight excluding hydrogens is 344 g/mol. The molecule has 26 heavy (non-hydrogen) atoms. The van der Waals surface area contributed by atoms with Gasteiger partial charge in [-0.1, -0.05) is 11.6 Å². The molecule has 0 unspecified atom stereocenters. The smallest absolute Gasteiger partial charge is 0.261 e. The van der Waals surface area contributed by atoms with Crippen LogP contribution in [0.3, 0.4) is 0 Å². The van der Waals surface area contributed by atoms with Crippen LogP contribution in [0.4, 0.5) is 5.82 Å². The number of carbonyl (C=O) groups is 1. The van der Waals surface area contributed by atoms with Crippen LogP contribution in [0.15, 0.2) is 18.0 Å². The van der Waals surface area contributed by atoms with E-state index in [9.17, 15) is 4.79 Å². The third kappa shape index (κ3) is 3.90. The zero-order valence-electron chi connectivity index (χ0n) is 15.3. The van der Waals surface area contributed by atoms with Gasteiger partial charge in [-0.05, 0) is 63.4 Å². The van der Waals surface area contributed by atoms with Crippen LogP contribution in [0.5, 0.6) is 0 Å². The summed E-state index contributed by atoms with van der Waals surface area (Å²) in [7, 11) is 0. The molecule has 5 nitrogen and oxygen atoms in total. The summed E-state index contributed by atoms with van der Waals surface area (Å²) in [5.74, 6) is 1.55. The summed E-state index contributed by atoms with van der Waals surface area (Å²) in [6.45, 7) is 3.66. The number of hydrogen-bond acceptors (Lipinski definition) is 5. The van der Waals surface area contributed by atoms with Gasteiger partial charge in [0.15, 0.2) is 0 Å². The first-order valence-electron chi connectivity index (χ1n) is 9.66. The number of carbonyl (C=O) groups excluding carboxylic acids is 1. The topological polar surface area (TPSA) is 66.9 Å². The third-order valence-electron chi connectivity index (χ3n) is 5.30. The number of nitrogens with zero attached hydrogens (tertiary/aromatic N) is 2. The fourth-order valence-corrected chi connectivity index (χ4v) is 4.60. The molecule has 0 spiro atoms. The van der Waals surface area contributed by atoms with E-state index in [0.717, 1.165) is 46.0 Å². The number of amides is 1. The maximum Gasteiger partial charge on any atom is 0.261 e. The normalized spacial score (nSPS) is 17.2. The summed E-state index contributed by atoms with van der Waals surface area (Å²) in [6.07, 6.45) is 12.6. The van der Waals surface area contributed by atoms with Crippen molar-refractivity contribution in [1.82, 2.24) is 15.3 Å². The highest BCUT2D eigenvalue weighted by atomic mass is 32.1. The minimum atomic E-state index is 0.0238. The van der Waals surface area contributed by atoms with Crippen molar-refractivity contribution in [1.29, 1.82) is 0 Å². The zero-order chi connectivity index (χ0) is 17.9. The van der Waals surface area contributed by atoms with Gasteiger partial charge in [-0.25, -0.2) is 9.97 Å². The van der Waals surface area contributed by atoms with Crippen molar-refractivity contribution in [2.45, 2.75) is 51.9 Å². The quantitative estimate of drug-likeness (QED) is 0.707. The number of fused-ring (bicyclic) bond motifs is 1. The molecule has 0 atom stereocenters. The van der Waals surface area contributed by atoms with Gasteiger partial charge in [0.2, 0.25) is 0 Å². The minimum absolute atomic E-state index is 0.0238. The van der Waals surface area contributed by atoms with Crippen LogP contribution in [0.25, 0.3) is 10.2 Å². The number of allylic oxidation sites excluding steroid dienone is 1. The molecule has 2 aliphatic rings. The van der Waals surface area contributed by atoms with Gasteiger partial charge in [0.05, 0.1) is 10.3 Å². The molecular formula is C20H26N4OS. The molecule has 0 saturated heterocycles. The molecule has 6 heteroatoms. The maximum absolute atomic E-state index is 12.5. The highest BCUT2D eigenvalue weighted by Crippen LogP contribution is 2.34. The SMILES string of the molecule is Cc1c(C(=O)NCC2CC2)sc2ncnc(NCCC3=CCCCC3)c12. The Bertz CT molecular complexity index is 838. The number of rotatable bonds is 7. The van der Waals surface area contributed by atoms with Crippen LogP contribution in [0.2, 0.25) is 0 Å². The van der Waals surface area contributed by atoms with E-state index in [2.05, 4.69) is 26.7 Å². The molecule has 0 bridgehead atoms. The average Bonchev–Trinajstić information content (AvgIpc) is 3.43. The molecule has 2 aromatic rings. The average molecular weight is 371 g/mol. The molecule has 2 aromatic heterocycles. The van der Waals surface area contributed by atoms with Gasteiger partial charge in [0, 0.05) is 13.1 Å². The molecule has 138 valence electrons. The van der Waals surface area contributed by atoms with Crippen LogP contribution in [-0.4, -0.2) is 29.0 Å². The number of aryl methyl sites for hydroxylation is 1. The zero-order valence-corrected chi connectivity index (χ0v) is 16.1.